The second-order valence-corrected chi connectivity index (χ2v) is 9.03. The average Bonchev–Trinajstić information content (AvgIpc) is 2.95. The zero-order valence-electron chi connectivity index (χ0n) is 18.8. The Labute approximate surface area is 189 Å². The molecule has 1 fully saturated rings. The maximum Gasteiger partial charge on any atom is 0.242 e. The summed E-state index contributed by atoms with van der Waals surface area (Å²) in [6, 6.07) is 11.6. The standard InChI is InChI=1S/C25H31N3O4/c1-18(2)12-27-13-22(31-16-19-6-5-9-26-11-19)14-28(15-24(27)29)25(30)21-10-20-7-3-4-8-23(20)32-17-21/h3-9,11,18,21-22H,10,12-17H2,1-2H3. The summed E-state index contributed by atoms with van der Waals surface area (Å²) in [5.74, 6) is 0.798. The molecular weight excluding hydrogens is 406 g/mol. The molecule has 2 aromatic rings. The van der Waals surface area contributed by atoms with E-state index in [1.807, 2.05) is 41.3 Å². The monoisotopic (exact) mass is 437 g/mol. The molecule has 32 heavy (non-hydrogen) atoms. The number of fused-ring (bicyclic) bond motifs is 1. The summed E-state index contributed by atoms with van der Waals surface area (Å²) in [4.78, 5) is 34.1. The van der Waals surface area contributed by atoms with Gasteiger partial charge in [-0.2, -0.15) is 0 Å². The molecule has 0 saturated carbocycles. The molecule has 0 spiro atoms. The van der Waals surface area contributed by atoms with Crippen LogP contribution in [0.1, 0.15) is 25.0 Å². The minimum atomic E-state index is -0.298. The lowest BCUT2D eigenvalue weighted by Gasteiger charge is -2.30. The molecule has 170 valence electrons. The number of amides is 2. The third-order valence-electron chi connectivity index (χ3n) is 5.86. The van der Waals surface area contributed by atoms with Gasteiger partial charge in [0.05, 0.1) is 25.2 Å². The average molecular weight is 438 g/mol. The molecule has 2 aliphatic heterocycles. The van der Waals surface area contributed by atoms with E-state index >= 15 is 0 Å². The summed E-state index contributed by atoms with van der Waals surface area (Å²) in [5.41, 5.74) is 2.00. The largest absolute Gasteiger partial charge is 0.492 e. The summed E-state index contributed by atoms with van der Waals surface area (Å²) in [5, 5.41) is 0. The second-order valence-electron chi connectivity index (χ2n) is 9.03. The Morgan fingerprint density at radius 1 is 1.22 bits per heavy atom. The van der Waals surface area contributed by atoms with Gasteiger partial charge in [0.2, 0.25) is 11.8 Å². The molecule has 2 aliphatic rings. The molecule has 4 rings (SSSR count). The highest BCUT2D eigenvalue weighted by Gasteiger charge is 2.35. The molecular formula is C25H31N3O4. The molecule has 1 aromatic carbocycles. The number of ether oxygens (including phenoxy) is 2. The number of carbonyl (C=O) groups is 2. The van der Waals surface area contributed by atoms with Crippen molar-refractivity contribution in [2.75, 3.05) is 32.8 Å². The van der Waals surface area contributed by atoms with Crippen molar-refractivity contribution in [2.24, 2.45) is 11.8 Å². The van der Waals surface area contributed by atoms with Crippen LogP contribution in [-0.4, -0.2) is 65.5 Å². The van der Waals surface area contributed by atoms with Crippen LogP contribution in [0.15, 0.2) is 48.8 Å². The molecule has 2 amide bonds. The first-order valence-electron chi connectivity index (χ1n) is 11.3. The number of aromatic nitrogens is 1. The fraction of sp³-hybridized carbons (Fsp3) is 0.480. The molecule has 7 nitrogen and oxygen atoms in total. The van der Waals surface area contributed by atoms with E-state index in [0.29, 0.717) is 45.2 Å². The number of nitrogens with zero attached hydrogens (tertiary/aromatic N) is 3. The fourth-order valence-electron chi connectivity index (χ4n) is 4.31. The van der Waals surface area contributed by atoms with Crippen LogP contribution in [0.4, 0.5) is 0 Å². The zero-order chi connectivity index (χ0) is 22.5. The van der Waals surface area contributed by atoms with Crippen molar-refractivity contribution < 1.29 is 19.1 Å². The third kappa shape index (κ3) is 5.46. The summed E-state index contributed by atoms with van der Waals surface area (Å²) >= 11 is 0. The molecule has 2 unspecified atom stereocenters. The summed E-state index contributed by atoms with van der Waals surface area (Å²) < 4.78 is 12.0. The van der Waals surface area contributed by atoms with Gasteiger partial charge in [0.1, 0.15) is 12.4 Å². The van der Waals surface area contributed by atoms with Gasteiger partial charge in [0.15, 0.2) is 0 Å². The van der Waals surface area contributed by atoms with Crippen LogP contribution in [0, 0.1) is 11.8 Å². The number of hydrogen-bond acceptors (Lipinski definition) is 5. The van der Waals surface area contributed by atoms with Crippen molar-refractivity contribution in [3.63, 3.8) is 0 Å². The van der Waals surface area contributed by atoms with Crippen LogP contribution in [0.25, 0.3) is 0 Å². The van der Waals surface area contributed by atoms with Crippen molar-refractivity contribution in [1.29, 1.82) is 0 Å². The maximum atomic E-state index is 13.4. The number of carbonyl (C=O) groups excluding carboxylic acids is 2. The smallest absolute Gasteiger partial charge is 0.242 e. The first kappa shape index (κ1) is 22.3. The Kier molecular flexibility index (Phi) is 7.05. The second kappa shape index (κ2) is 10.1. The van der Waals surface area contributed by atoms with Gasteiger partial charge in [-0.1, -0.05) is 38.1 Å². The number of benzene rings is 1. The van der Waals surface area contributed by atoms with Gasteiger partial charge < -0.3 is 19.3 Å². The van der Waals surface area contributed by atoms with Crippen LogP contribution in [0.5, 0.6) is 5.75 Å². The van der Waals surface area contributed by atoms with E-state index in [2.05, 4.69) is 18.8 Å². The highest BCUT2D eigenvalue weighted by atomic mass is 16.5. The highest BCUT2D eigenvalue weighted by Crippen LogP contribution is 2.28. The summed E-state index contributed by atoms with van der Waals surface area (Å²) in [6.07, 6.45) is 3.86. The first-order chi connectivity index (χ1) is 15.5. The van der Waals surface area contributed by atoms with Crippen molar-refractivity contribution >= 4 is 11.8 Å². The van der Waals surface area contributed by atoms with Gasteiger partial charge in [-0.15, -0.1) is 0 Å². The topological polar surface area (TPSA) is 72.0 Å². The van der Waals surface area contributed by atoms with E-state index in [0.717, 1.165) is 16.9 Å². The number of hydrogen-bond donors (Lipinski definition) is 0. The van der Waals surface area contributed by atoms with Gasteiger partial charge in [0.25, 0.3) is 0 Å². The van der Waals surface area contributed by atoms with Crippen LogP contribution in [0.2, 0.25) is 0 Å². The van der Waals surface area contributed by atoms with E-state index < -0.39 is 0 Å². The predicted octanol–water partition coefficient (Wildman–Crippen LogP) is 2.54. The van der Waals surface area contributed by atoms with Gasteiger partial charge in [-0.25, -0.2) is 0 Å². The van der Waals surface area contributed by atoms with Gasteiger partial charge >= 0.3 is 0 Å². The molecule has 1 aromatic heterocycles. The lowest BCUT2D eigenvalue weighted by Crippen LogP contribution is -2.45. The molecule has 2 atom stereocenters. The SMILES string of the molecule is CC(C)CN1CC(OCc2cccnc2)CN(C(=O)C2COc3ccccc3C2)CC1=O. The van der Waals surface area contributed by atoms with Gasteiger partial charge in [0, 0.05) is 32.0 Å². The molecule has 7 heteroatoms. The Morgan fingerprint density at radius 2 is 2.06 bits per heavy atom. The maximum absolute atomic E-state index is 13.4. The minimum Gasteiger partial charge on any atom is -0.492 e. The zero-order valence-corrected chi connectivity index (χ0v) is 18.8. The fourth-order valence-corrected chi connectivity index (χ4v) is 4.31. The Balaban J connectivity index is 1.47. The molecule has 0 aliphatic carbocycles. The lowest BCUT2D eigenvalue weighted by atomic mass is 9.95. The van der Waals surface area contributed by atoms with Crippen LogP contribution < -0.4 is 4.74 Å². The van der Waals surface area contributed by atoms with E-state index in [1.165, 1.54) is 0 Å². The molecule has 0 N–H and O–H groups in total. The Hall–Kier alpha value is -2.93. The van der Waals surface area contributed by atoms with E-state index in [-0.39, 0.29) is 30.4 Å². The van der Waals surface area contributed by atoms with Crippen molar-refractivity contribution in [3.05, 3.63) is 59.9 Å². The number of rotatable bonds is 6. The first-order valence-corrected chi connectivity index (χ1v) is 11.3. The third-order valence-corrected chi connectivity index (χ3v) is 5.86. The molecule has 0 radical (unpaired) electrons. The van der Waals surface area contributed by atoms with E-state index in [9.17, 15) is 9.59 Å². The van der Waals surface area contributed by atoms with E-state index in [1.54, 1.807) is 17.3 Å². The lowest BCUT2D eigenvalue weighted by molar-refractivity contribution is -0.142. The number of pyridine rings is 1. The van der Waals surface area contributed by atoms with Crippen molar-refractivity contribution in [2.45, 2.75) is 33.0 Å². The van der Waals surface area contributed by atoms with E-state index in [4.69, 9.17) is 9.47 Å². The molecule has 0 bridgehead atoms. The molecule has 3 heterocycles. The Bertz CT molecular complexity index is 934. The molecule has 1 saturated heterocycles. The highest BCUT2D eigenvalue weighted by molar-refractivity contribution is 5.87. The van der Waals surface area contributed by atoms with Crippen molar-refractivity contribution in [1.82, 2.24) is 14.8 Å². The summed E-state index contributed by atoms with van der Waals surface area (Å²) in [7, 11) is 0. The van der Waals surface area contributed by atoms with Gasteiger partial charge in [-0.05, 0) is 35.6 Å². The normalized spacial score (nSPS) is 21.2. The van der Waals surface area contributed by atoms with Crippen LogP contribution in [0.3, 0.4) is 0 Å². The van der Waals surface area contributed by atoms with Crippen LogP contribution >= 0.6 is 0 Å². The number of para-hydroxylation sites is 1. The van der Waals surface area contributed by atoms with Crippen molar-refractivity contribution in [3.8, 4) is 5.75 Å². The van der Waals surface area contributed by atoms with Crippen LogP contribution in [-0.2, 0) is 27.4 Å². The minimum absolute atomic E-state index is 0.0309. The quantitative estimate of drug-likeness (QED) is 0.695. The Morgan fingerprint density at radius 3 is 2.84 bits per heavy atom. The predicted molar refractivity (Wildman–Crippen MR) is 120 cm³/mol. The van der Waals surface area contributed by atoms with Gasteiger partial charge in [-0.3, -0.25) is 14.6 Å². The summed E-state index contributed by atoms with van der Waals surface area (Å²) in [6.45, 7) is 6.49.